The molecular weight excluding hydrogens is 402 g/mol. The molecule has 2 aromatic carbocycles. The highest BCUT2D eigenvalue weighted by Crippen LogP contribution is 2.28. The topological polar surface area (TPSA) is 77.2 Å². The molecule has 1 N–H and O–H groups in total. The maximum absolute atomic E-state index is 12.9. The predicted molar refractivity (Wildman–Crippen MR) is 126 cm³/mol. The van der Waals surface area contributed by atoms with Gasteiger partial charge >= 0.3 is 0 Å². The fourth-order valence-electron chi connectivity index (χ4n) is 3.26. The Kier molecular flexibility index (Phi) is 5.46. The van der Waals surface area contributed by atoms with Gasteiger partial charge in [0.2, 0.25) is 5.89 Å². The van der Waals surface area contributed by atoms with E-state index in [0.29, 0.717) is 28.4 Å². The minimum atomic E-state index is -1.07. The lowest BCUT2D eigenvalue weighted by molar-refractivity contribution is -0.128. The van der Waals surface area contributed by atoms with Crippen molar-refractivity contribution in [3.8, 4) is 17.2 Å². The molecule has 0 aliphatic heterocycles. The Morgan fingerprint density at radius 2 is 1.75 bits per heavy atom. The first kappa shape index (κ1) is 21.6. The van der Waals surface area contributed by atoms with Crippen molar-refractivity contribution in [2.75, 3.05) is 5.32 Å². The lowest BCUT2D eigenvalue weighted by Gasteiger charge is -2.26. The molecule has 0 unspecified atom stereocenters. The molecule has 2 heterocycles. The summed E-state index contributed by atoms with van der Waals surface area (Å²) in [4.78, 5) is 21.6. The maximum Gasteiger partial charge on any atom is 0.267 e. The van der Waals surface area contributed by atoms with Crippen LogP contribution in [0.25, 0.3) is 22.6 Å². The second-order valence-electron chi connectivity index (χ2n) is 9.28. The number of pyridine rings is 1. The first-order valence-corrected chi connectivity index (χ1v) is 10.5. The van der Waals surface area contributed by atoms with Gasteiger partial charge in [0.05, 0.1) is 5.56 Å². The lowest BCUT2D eigenvalue weighted by Crippen LogP contribution is -2.42. The van der Waals surface area contributed by atoms with Crippen molar-refractivity contribution >= 4 is 22.7 Å². The predicted octanol–water partition coefficient (Wildman–Crippen LogP) is 5.98. The SMILES string of the molecule is CC(C)(Oc1ccc(C(C)(C)C)cc1)C(=O)Nc1ccc2oc(-c3cccnc3)nc2c1. The average molecular weight is 430 g/mol. The molecule has 0 saturated carbocycles. The van der Waals surface area contributed by atoms with Crippen molar-refractivity contribution in [1.82, 2.24) is 9.97 Å². The standard InChI is InChI=1S/C26H27N3O3/c1-25(2,3)18-8-11-20(12-9-18)32-26(4,5)24(30)28-19-10-13-22-21(15-19)29-23(31-22)17-7-6-14-27-16-17/h6-16H,1-5H3,(H,28,30). The number of fused-ring (bicyclic) bond motifs is 1. The molecule has 6 nitrogen and oxygen atoms in total. The van der Waals surface area contributed by atoms with E-state index in [9.17, 15) is 4.79 Å². The molecule has 6 heteroatoms. The van der Waals surface area contributed by atoms with Crippen molar-refractivity contribution in [2.24, 2.45) is 0 Å². The number of rotatable bonds is 5. The fourth-order valence-corrected chi connectivity index (χ4v) is 3.26. The molecule has 0 saturated heterocycles. The van der Waals surface area contributed by atoms with E-state index in [1.54, 1.807) is 44.4 Å². The van der Waals surface area contributed by atoms with Gasteiger partial charge in [-0.1, -0.05) is 32.9 Å². The number of hydrogen-bond acceptors (Lipinski definition) is 5. The summed E-state index contributed by atoms with van der Waals surface area (Å²) < 4.78 is 11.8. The van der Waals surface area contributed by atoms with Crippen molar-refractivity contribution in [2.45, 2.75) is 45.6 Å². The van der Waals surface area contributed by atoms with E-state index in [4.69, 9.17) is 9.15 Å². The van der Waals surface area contributed by atoms with E-state index in [-0.39, 0.29) is 11.3 Å². The minimum absolute atomic E-state index is 0.0576. The van der Waals surface area contributed by atoms with Gasteiger partial charge in [-0.3, -0.25) is 9.78 Å². The Labute approximate surface area is 187 Å². The van der Waals surface area contributed by atoms with Crippen LogP contribution in [-0.2, 0) is 10.2 Å². The third kappa shape index (κ3) is 4.64. The van der Waals surface area contributed by atoms with Gasteiger partial charge < -0.3 is 14.5 Å². The third-order valence-corrected chi connectivity index (χ3v) is 5.19. The number of benzene rings is 2. The number of carbonyl (C=O) groups is 1. The molecule has 0 atom stereocenters. The van der Waals surface area contributed by atoms with E-state index in [0.717, 1.165) is 5.56 Å². The second-order valence-corrected chi connectivity index (χ2v) is 9.28. The van der Waals surface area contributed by atoms with Crippen LogP contribution in [0.1, 0.15) is 40.2 Å². The van der Waals surface area contributed by atoms with Gasteiger partial charge in [-0.15, -0.1) is 0 Å². The first-order chi connectivity index (χ1) is 15.1. The molecule has 0 radical (unpaired) electrons. The van der Waals surface area contributed by atoms with Gasteiger partial charge in [0, 0.05) is 18.1 Å². The lowest BCUT2D eigenvalue weighted by atomic mass is 9.87. The highest BCUT2D eigenvalue weighted by atomic mass is 16.5. The Morgan fingerprint density at radius 1 is 1.00 bits per heavy atom. The quantitative estimate of drug-likeness (QED) is 0.422. The van der Waals surface area contributed by atoms with Crippen LogP contribution >= 0.6 is 0 Å². The minimum Gasteiger partial charge on any atom is -0.478 e. The van der Waals surface area contributed by atoms with Gasteiger partial charge in [-0.25, -0.2) is 4.98 Å². The number of amides is 1. The molecule has 32 heavy (non-hydrogen) atoms. The zero-order valence-corrected chi connectivity index (χ0v) is 19.0. The number of nitrogens with one attached hydrogen (secondary N) is 1. The van der Waals surface area contributed by atoms with Crippen LogP contribution in [0.3, 0.4) is 0 Å². The normalized spacial score (nSPS) is 12.0. The van der Waals surface area contributed by atoms with Gasteiger partial charge in [0.25, 0.3) is 5.91 Å². The summed E-state index contributed by atoms with van der Waals surface area (Å²) in [5, 5.41) is 2.92. The molecule has 0 aliphatic carbocycles. The van der Waals surface area contributed by atoms with Crippen LogP contribution in [0, 0.1) is 0 Å². The number of carbonyl (C=O) groups excluding carboxylic acids is 1. The number of ether oxygens (including phenoxy) is 1. The highest BCUT2D eigenvalue weighted by Gasteiger charge is 2.30. The molecule has 0 bridgehead atoms. The average Bonchev–Trinajstić information content (AvgIpc) is 3.17. The molecular formula is C26H27N3O3. The van der Waals surface area contributed by atoms with Crippen molar-refractivity contribution < 1.29 is 13.9 Å². The van der Waals surface area contributed by atoms with Gasteiger partial charge in [0.1, 0.15) is 11.3 Å². The van der Waals surface area contributed by atoms with Crippen LogP contribution in [0.15, 0.2) is 71.4 Å². The summed E-state index contributed by atoms with van der Waals surface area (Å²) in [6.07, 6.45) is 3.39. The number of oxazole rings is 1. The molecule has 0 spiro atoms. The molecule has 0 aliphatic rings. The fraction of sp³-hybridized carbons (Fsp3) is 0.269. The number of anilines is 1. The second kappa shape index (κ2) is 8.11. The Hall–Kier alpha value is -3.67. The van der Waals surface area contributed by atoms with Crippen molar-refractivity contribution in [3.05, 3.63) is 72.6 Å². The summed E-state index contributed by atoms with van der Waals surface area (Å²) in [5.41, 5.74) is 2.90. The molecule has 4 rings (SSSR count). The molecule has 164 valence electrons. The summed E-state index contributed by atoms with van der Waals surface area (Å²) in [5.74, 6) is 0.873. The molecule has 2 aromatic heterocycles. The van der Waals surface area contributed by atoms with Crippen LogP contribution in [0.2, 0.25) is 0 Å². The zero-order chi connectivity index (χ0) is 22.9. The van der Waals surface area contributed by atoms with Gasteiger partial charge in [-0.2, -0.15) is 0 Å². The largest absolute Gasteiger partial charge is 0.478 e. The van der Waals surface area contributed by atoms with E-state index in [1.165, 1.54) is 5.56 Å². The van der Waals surface area contributed by atoms with E-state index < -0.39 is 5.60 Å². The van der Waals surface area contributed by atoms with Crippen LogP contribution < -0.4 is 10.1 Å². The highest BCUT2D eigenvalue weighted by molar-refractivity contribution is 5.98. The summed E-state index contributed by atoms with van der Waals surface area (Å²) >= 11 is 0. The van der Waals surface area contributed by atoms with Gasteiger partial charge in [0.15, 0.2) is 11.2 Å². The van der Waals surface area contributed by atoms with E-state index in [2.05, 4.69) is 36.1 Å². The van der Waals surface area contributed by atoms with Crippen LogP contribution in [-0.4, -0.2) is 21.5 Å². The monoisotopic (exact) mass is 429 g/mol. The number of aromatic nitrogens is 2. The molecule has 4 aromatic rings. The summed E-state index contributed by atoms with van der Waals surface area (Å²) in [6, 6.07) is 16.9. The smallest absolute Gasteiger partial charge is 0.267 e. The molecule has 1 amide bonds. The zero-order valence-electron chi connectivity index (χ0n) is 19.0. The van der Waals surface area contributed by atoms with Crippen LogP contribution in [0.4, 0.5) is 5.69 Å². The van der Waals surface area contributed by atoms with Crippen molar-refractivity contribution in [3.63, 3.8) is 0 Å². The number of hydrogen-bond donors (Lipinski definition) is 1. The Morgan fingerprint density at radius 3 is 2.41 bits per heavy atom. The Balaban J connectivity index is 1.48. The van der Waals surface area contributed by atoms with E-state index >= 15 is 0 Å². The van der Waals surface area contributed by atoms with E-state index in [1.807, 2.05) is 36.4 Å². The first-order valence-electron chi connectivity index (χ1n) is 10.5. The van der Waals surface area contributed by atoms with Gasteiger partial charge in [-0.05, 0) is 67.3 Å². The van der Waals surface area contributed by atoms with Crippen molar-refractivity contribution in [1.29, 1.82) is 0 Å². The molecule has 0 fully saturated rings. The summed E-state index contributed by atoms with van der Waals surface area (Å²) in [7, 11) is 0. The Bertz CT molecular complexity index is 1240. The summed E-state index contributed by atoms with van der Waals surface area (Å²) in [6.45, 7) is 9.97. The number of nitrogens with zero attached hydrogens (tertiary/aromatic N) is 2. The third-order valence-electron chi connectivity index (χ3n) is 5.19. The van der Waals surface area contributed by atoms with Crippen LogP contribution in [0.5, 0.6) is 5.75 Å². The maximum atomic E-state index is 12.9.